The number of nitrogens with zero attached hydrogens (tertiary/aromatic N) is 2. The fourth-order valence-corrected chi connectivity index (χ4v) is 5.41. The molecule has 190 valence electrons. The number of thiazole rings is 1. The number of alkyl halides is 3. The van der Waals surface area contributed by atoms with Crippen LogP contribution in [0.3, 0.4) is 0 Å². The van der Waals surface area contributed by atoms with Gasteiger partial charge in [-0.15, -0.1) is 11.3 Å². The van der Waals surface area contributed by atoms with E-state index in [0.29, 0.717) is 22.5 Å². The molecule has 3 heterocycles. The van der Waals surface area contributed by atoms with Crippen molar-refractivity contribution in [2.24, 2.45) is 0 Å². The van der Waals surface area contributed by atoms with Gasteiger partial charge < -0.3 is 9.88 Å². The number of nitrogens with one attached hydrogen (secondary N) is 2. The van der Waals surface area contributed by atoms with E-state index in [-0.39, 0.29) is 17.6 Å². The van der Waals surface area contributed by atoms with Crippen LogP contribution in [-0.2, 0) is 17.5 Å². The summed E-state index contributed by atoms with van der Waals surface area (Å²) >= 11 is 0.680. The van der Waals surface area contributed by atoms with Crippen molar-refractivity contribution in [3.63, 3.8) is 0 Å². The van der Waals surface area contributed by atoms with Gasteiger partial charge in [0.25, 0.3) is 11.8 Å². The van der Waals surface area contributed by atoms with Crippen molar-refractivity contribution in [2.75, 3.05) is 5.32 Å². The van der Waals surface area contributed by atoms with Crippen molar-refractivity contribution in [3.8, 4) is 11.1 Å². The number of halogens is 3. The van der Waals surface area contributed by atoms with Crippen molar-refractivity contribution in [1.29, 1.82) is 0 Å². The number of carbonyl (C=O) groups is 2. The summed E-state index contributed by atoms with van der Waals surface area (Å²) in [5.74, 6) is -0.970. The highest BCUT2D eigenvalue weighted by Crippen LogP contribution is 2.36. The average Bonchev–Trinajstić information content (AvgIpc) is 3.64. The number of benzene rings is 3. The lowest BCUT2D eigenvalue weighted by Crippen LogP contribution is -2.37. The molecule has 0 fully saturated rings. The van der Waals surface area contributed by atoms with Gasteiger partial charge in [0, 0.05) is 29.2 Å². The van der Waals surface area contributed by atoms with Crippen LogP contribution in [-0.4, -0.2) is 26.7 Å². The molecule has 2 N–H and O–H groups in total. The van der Waals surface area contributed by atoms with E-state index in [1.54, 1.807) is 30.3 Å². The van der Waals surface area contributed by atoms with Gasteiger partial charge in [-0.3, -0.25) is 14.9 Å². The maximum absolute atomic E-state index is 13.6. The van der Waals surface area contributed by atoms with Gasteiger partial charge in [-0.25, -0.2) is 4.98 Å². The Bertz CT molecular complexity index is 1680. The Kier molecular flexibility index (Phi) is 5.76. The third kappa shape index (κ3) is 4.32. The molecule has 0 bridgehead atoms. The van der Waals surface area contributed by atoms with Crippen LogP contribution in [0.5, 0.6) is 0 Å². The number of carbonyl (C=O) groups excluding carboxylic acids is 2. The number of amides is 2. The zero-order valence-electron chi connectivity index (χ0n) is 19.6. The summed E-state index contributed by atoms with van der Waals surface area (Å²) in [4.78, 5) is 35.2. The molecule has 0 saturated carbocycles. The highest BCUT2D eigenvalue weighted by Gasteiger charge is 2.39. The molecular formula is C28H19F3N4O2S. The minimum atomic E-state index is -4.62. The van der Waals surface area contributed by atoms with E-state index in [9.17, 15) is 22.8 Å². The normalized spacial score (nSPS) is 14.1. The molecule has 2 aromatic heterocycles. The summed E-state index contributed by atoms with van der Waals surface area (Å²) in [6, 6.07) is 21.2. The quantitative estimate of drug-likeness (QED) is 0.266. The van der Waals surface area contributed by atoms with E-state index >= 15 is 0 Å². The first-order valence-corrected chi connectivity index (χ1v) is 12.6. The van der Waals surface area contributed by atoms with Crippen LogP contribution in [0.2, 0.25) is 0 Å². The van der Waals surface area contributed by atoms with Gasteiger partial charge in [-0.2, -0.15) is 13.2 Å². The van der Waals surface area contributed by atoms with Crippen LogP contribution in [0.25, 0.3) is 22.0 Å². The minimum absolute atomic E-state index is 0.184. The molecule has 1 unspecified atom stereocenters. The summed E-state index contributed by atoms with van der Waals surface area (Å²) in [6.45, 7) is 0.184. The molecule has 0 radical (unpaired) electrons. The van der Waals surface area contributed by atoms with Gasteiger partial charge in [0.1, 0.15) is 6.04 Å². The first-order chi connectivity index (χ1) is 18.3. The molecule has 0 spiro atoms. The molecule has 6 rings (SSSR count). The summed E-state index contributed by atoms with van der Waals surface area (Å²) in [5.41, 5.74) is 3.54. The molecule has 6 nitrogen and oxygen atoms in total. The standard InChI is InChI=1S/C28H19F3N4O2S/c29-28(30,31)23-15-38-27(33-23)34-25(36)24(16-4-2-1-3-5-16)35-14-20-7-6-18(13-21(20)26(35)37)17-8-9-22-19(12-17)10-11-32-22/h1-13,15,24,32H,14H2,(H,33,34,36). The van der Waals surface area contributed by atoms with Gasteiger partial charge in [-0.1, -0.05) is 48.5 Å². The summed E-state index contributed by atoms with van der Waals surface area (Å²) < 4.78 is 39.0. The summed E-state index contributed by atoms with van der Waals surface area (Å²) in [6.07, 6.45) is -2.75. The molecule has 5 aromatic rings. The van der Waals surface area contributed by atoms with Crippen LogP contribution >= 0.6 is 11.3 Å². The van der Waals surface area contributed by atoms with E-state index in [2.05, 4.69) is 15.3 Å². The number of hydrogen-bond acceptors (Lipinski definition) is 4. The molecule has 2 amide bonds. The first-order valence-electron chi connectivity index (χ1n) is 11.7. The number of aromatic amines is 1. The average molecular weight is 533 g/mol. The molecule has 1 aliphatic heterocycles. The van der Waals surface area contributed by atoms with Crippen LogP contribution < -0.4 is 5.32 Å². The molecule has 10 heteroatoms. The van der Waals surface area contributed by atoms with Crippen LogP contribution in [0.1, 0.15) is 33.2 Å². The van der Waals surface area contributed by atoms with Crippen molar-refractivity contribution in [3.05, 3.63) is 107 Å². The van der Waals surface area contributed by atoms with E-state index in [4.69, 9.17) is 0 Å². The van der Waals surface area contributed by atoms with Crippen LogP contribution in [0.4, 0.5) is 18.3 Å². The highest BCUT2D eigenvalue weighted by atomic mass is 32.1. The Labute approximate surface area is 218 Å². The Morgan fingerprint density at radius 3 is 2.55 bits per heavy atom. The molecule has 0 saturated heterocycles. The van der Waals surface area contributed by atoms with Gasteiger partial charge >= 0.3 is 6.18 Å². The second kappa shape index (κ2) is 9.14. The predicted octanol–water partition coefficient (Wildman–Crippen LogP) is 6.65. The van der Waals surface area contributed by atoms with Gasteiger partial charge in [0.15, 0.2) is 10.8 Å². The zero-order chi connectivity index (χ0) is 26.4. The van der Waals surface area contributed by atoms with E-state index in [1.165, 1.54) is 4.90 Å². The lowest BCUT2D eigenvalue weighted by Gasteiger charge is -2.27. The Hall–Kier alpha value is -4.44. The van der Waals surface area contributed by atoms with Crippen molar-refractivity contribution < 1.29 is 22.8 Å². The van der Waals surface area contributed by atoms with Crippen molar-refractivity contribution in [1.82, 2.24) is 14.9 Å². The second-order valence-electron chi connectivity index (χ2n) is 8.92. The Morgan fingerprint density at radius 2 is 1.79 bits per heavy atom. The predicted molar refractivity (Wildman–Crippen MR) is 139 cm³/mol. The lowest BCUT2D eigenvalue weighted by molar-refractivity contribution is -0.140. The van der Waals surface area contributed by atoms with E-state index in [0.717, 1.165) is 33.0 Å². The fraction of sp³-hybridized carbons (Fsp3) is 0.107. The molecule has 3 aromatic carbocycles. The summed E-state index contributed by atoms with van der Waals surface area (Å²) in [7, 11) is 0. The SMILES string of the molecule is O=C(Nc1nc(C(F)(F)F)cs1)C(c1ccccc1)N1Cc2ccc(-c3ccc4[nH]ccc4c3)cc2C1=O. The molecule has 38 heavy (non-hydrogen) atoms. The third-order valence-corrected chi connectivity index (χ3v) is 7.29. The van der Waals surface area contributed by atoms with Crippen LogP contribution in [0.15, 0.2) is 84.4 Å². The van der Waals surface area contributed by atoms with Crippen molar-refractivity contribution in [2.45, 2.75) is 18.8 Å². The molecular weight excluding hydrogens is 513 g/mol. The van der Waals surface area contributed by atoms with Gasteiger partial charge in [-0.05, 0) is 51.9 Å². The maximum atomic E-state index is 13.6. The largest absolute Gasteiger partial charge is 0.434 e. The molecule has 1 atom stereocenters. The fourth-order valence-electron chi connectivity index (χ4n) is 4.69. The van der Waals surface area contributed by atoms with E-state index in [1.807, 2.05) is 48.7 Å². The van der Waals surface area contributed by atoms with E-state index < -0.39 is 23.8 Å². The van der Waals surface area contributed by atoms with Gasteiger partial charge in [0.05, 0.1) is 0 Å². The highest BCUT2D eigenvalue weighted by molar-refractivity contribution is 7.13. The summed E-state index contributed by atoms with van der Waals surface area (Å²) in [5, 5.41) is 4.19. The Morgan fingerprint density at radius 1 is 1.03 bits per heavy atom. The Balaban J connectivity index is 1.31. The number of fused-ring (bicyclic) bond motifs is 2. The number of anilines is 1. The number of rotatable bonds is 5. The van der Waals surface area contributed by atoms with Crippen LogP contribution in [0, 0.1) is 0 Å². The minimum Gasteiger partial charge on any atom is -0.361 e. The maximum Gasteiger partial charge on any atom is 0.434 e. The number of aromatic nitrogens is 2. The number of hydrogen-bond donors (Lipinski definition) is 2. The first kappa shape index (κ1) is 23.9. The monoisotopic (exact) mass is 532 g/mol. The topological polar surface area (TPSA) is 78.1 Å². The number of H-pyrrole nitrogens is 1. The molecule has 1 aliphatic rings. The van der Waals surface area contributed by atoms with Gasteiger partial charge in [0.2, 0.25) is 0 Å². The second-order valence-corrected chi connectivity index (χ2v) is 9.78. The third-order valence-electron chi connectivity index (χ3n) is 6.53. The smallest absolute Gasteiger partial charge is 0.361 e. The lowest BCUT2D eigenvalue weighted by atomic mass is 9.99. The van der Waals surface area contributed by atoms with Crippen molar-refractivity contribution >= 4 is 39.2 Å². The zero-order valence-corrected chi connectivity index (χ0v) is 20.4. The molecule has 0 aliphatic carbocycles.